The van der Waals surface area contributed by atoms with Crippen molar-refractivity contribution < 1.29 is 13.5 Å². The molecule has 0 unspecified atom stereocenters. The SMILES string of the molecule is CCNc1cc(C(C)(C)C)nc2ccc(OC(F)F)cc12. The molecule has 1 aromatic carbocycles. The second kappa shape index (κ2) is 5.84. The molecule has 0 radical (unpaired) electrons. The number of pyridine rings is 1. The van der Waals surface area contributed by atoms with E-state index in [-0.39, 0.29) is 11.2 Å². The molecule has 0 aliphatic heterocycles. The molecular weight excluding hydrogens is 274 g/mol. The molecule has 1 N–H and O–H groups in total. The first-order valence-electron chi connectivity index (χ1n) is 6.95. The van der Waals surface area contributed by atoms with Crippen LogP contribution in [0.4, 0.5) is 14.5 Å². The fourth-order valence-electron chi connectivity index (χ4n) is 2.10. The highest BCUT2D eigenvalue weighted by Gasteiger charge is 2.18. The summed E-state index contributed by atoms with van der Waals surface area (Å²) in [7, 11) is 0. The van der Waals surface area contributed by atoms with Crippen LogP contribution in [-0.2, 0) is 5.41 Å². The molecule has 0 spiro atoms. The summed E-state index contributed by atoms with van der Waals surface area (Å²) in [5, 5.41) is 4.04. The maximum atomic E-state index is 12.3. The molecule has 0 saturated heterocycles. The maximum Gasteiger partial charge on any atom is 0.387 e. The Labute approximate surface area is 123 Å². The lowest BCUT2D eigenvalue weighted by Crippen LogP contribution is -2.14. The van der Waals surface area contributed by atoms with Crippen LogP contribution in [0.3, 0.4) is 0 Å². The molecule has 2 rings (SSSR count). The third-order valence-corrected chi connectivity index (χ3v) is 3.14. The van der Waals surface area contributed by atoms with E-state index in [0.717, 1.165) is 28.8 Å². The Morgan fingerprint density at radius 1 is 1.24 bits per heavy atom. The number of aromatic nitrogens is 1. The van der Waals surface area contributed by atoms with Crippen LogP contribution in [0.25, 0.3) is 10.9 Å². The first-order valence-corrected chi connectivity index (χ1v) is 6.95. The Bertz CT molecular complexity index is 636. The Hall–Kier alpha value is -1.91. The molecule has 0 aliphatic carbocycles. The lowest BCUT2D eigenvalue weighted by atomic mass is 9.90. The summed E-state index contributed by atoms with van der Waals surface area (Å²) in [4.78, 5) is 4.63. The van der Waals surface area contributed by atoms with Crippen molar-refractivity contribution in [3.05, 3.63) is 30.0 Å². The Balaban J connectivity index is 2.58. The molecule has 21 heavy (non-hydrogen) atoms. The average Bonchev–Trinajstić information content (AvgIpc) is 2.37. The van der Waals surface area contributed by atoms with Crippen LogP contribution in [0.5, 0.6) is 5.75 Å². The molecule has 0 atom stereocenters. The Kier molecular flexibility index (Phi) is 4.30. The van der Waals surface area contributed by atoms with E-state index < -0.39 is 6.61 Å². The number of ether oxygens (including phenoxy) is 1. The number of anilines is 1. The van der Waals surface area contributed by atoms with Gasteiger partial charge in [-0.2, -0.15) is 8.78 Å². The minimum atomic E-state index is -2.83. The van der Waals surface area contributed by atoms with E-state index in [9.17, 15) is 8.78 Å². The highest BCUT2D eigenvalue weighted by atomic mass is 19.3. The highest BCUT2D eigenvalue weighted by molar-refractivity contribution is 5.92. The molecule has 0 aliphatic rings. The molecular formula is C16H20F2N2O. The van der Waals surface area contributed by atoms with Crippen molar-refractivity contribution in [1.82, 2.24) is 4.98 Å². The normalized spacial score (nSPS) is 12.0. The van der Waals surface area contributed by atoms with E-state index in [1.807, 2.05) is 13.0 Å². The molecule has 114 valence electrons. The zero-order valence-corrected chi connectivity index (χ0v) is 12.7. The van der Waals surface area contributed by atoms with Crippen LogP contribution in [0.2, 0.25) is 0 Å². The van der Waals surface area contributed by atoms with E-state index in [4.69, 9.17) is 0 Å². The van der Waals surface area contributed by atoms with Crippen molar-refractivity contribution in [3.63, 3.8) is 0 Å². The zero-order chi connectivity index (χ0) is 15.6. The van der Waals surface area contributed by atoms with Crippen molar-refractivity contribution in [1.29, 1.82) is 0 Å². The third-order valence-electron chi connectivity index (χ3n) is 3.14. The molecule has 0 saturated carbocycles. The predicted molar refractivity (Wildman–Crippen MR) is 81.2 cm³/mol. The monoisotopic (exact) mass is 294 g/mol. The number of benzene rings is 1. The van der Waals surface area contributed by atoms with Crippen LogP contribution in [0.15, 0.2) is 24.3 Å². The van der Waals surface area contributed by atoms with Gasteiger partial charge >= 0.3 is 6.61 Å². The fourth-order valence-corrected chi connectivity index (χ4v) is 2.10. The largest absolute Gasteiger partial charge is 0.435 e. The second-order valence-electron chi connectivity index (χ2n) is 5.89. The zero-order valence-electron chi connectivity index (χ0n) is 12.7. The first kappa shape index (κ1) is 15.5. The Morgan fingerprint density at radius 2 is 1.95 bits per heavy atom. The van der Waals surface area contributed by atoms with Crippen LogP contribution >= 0.6 is 0 Å². The number of fused-ring (bicyclic) bond motifs is 1. The molecule has 3 nitrogen and oxygen atoms in total. The van der Waals surface area contributed by atoms with Crippen LogP contribution in [0.1, 0.15) is 33.4 Å². The Morgan fingerprint density at radius 3 is 2.52 bits per heavy atom. The minimum absolute atomic E-state index is 0.0868. The number of hydrogen-bond donors (Lipinski definition) is 1. The van der Waals surface area contributed by atoms with Crippen molar-refractivity contribution in [2.24, 2.45) is 0 Å². The van der Waals surface area contributed by atoms with Gasteiger partial charge in [-0.05, 0) is 31.2 Å². The van der Waals surface area contributed by atoms with Gasteiger partial charge in [-0.15, -0.1) is 0 Å². The van der Waals surface area contributed by atoms with Gasteiger partial charge in [0.25, 0.3) is 0 Å². The number of nitrogens with zero attached hydrogens (tertiary/aromatic N) is 1. The molecule has 1 aromatic heterocycles. The van der Waals surface area contributed by atoms with Gasteiger partial charge in [-0.25, -0.2) is 0 Å². The highest BCUT2D eigenvalue weighted by Crippen LogP contribution is 2.31. The van der Waals surface area contributed by atoms with Crippen LogP contribution in [0, 0.1) is 0 Å². The van der Waals surface area contributed by atoms with Crippen molar-refractivity contribution in [2.75, 3.05) is 11.9 Å². The fraction of sp³-hybridized carbons (Fsp3) is 0.438. The maximum absolute atomic E-state index is 12.3. The van der Waals surface area contributed by atoms with Crippen molar-refractivity contribution in [3.8, 4) is 5.75 Å². The lowest BCUT2D eigenvalue weighted by molar-refractivity contribution is -0.0497. The predicted octanol–water partition coefficient (Wildman–Crippen LogP) is 4.57. The van der Waals surface area contributed by atoms with Crippen molar-refractivity contribution >= 4 is 16.6 Å². The van der Waals surface area contributed by atoms with Gasteiger partial charge in [0.2, 0.25) is 0 Å². The summed E-state index contributed by atoms with van der Waals surface area (Å²) >= 11 is 0. The third kappa shape index (κ3) is 3.60. The average molecular weight is 294 g/mol. The van der Waals surface area contributed by atoms with Gasteiger partial charge in [0.05, 0.1) is 5.52 Å². The van der Waals surface area contributed by atoms with E-state index in [0.29, 0.717) is 0 Å². The van der Waals surface area contributed by atoms with Gasteiger partial charge < -0.3 is 10.1 Å². The molecule has 0 amide bonds. The topological polar surface area (TPSA) is 34.2 Å². The van der Waals surface area contributed by atoms with Gasteiger partial charge in [-0.3, -0.25) is 4.98 Å². The van der Waals surface area contributed by atoms with Gasteiger partial charge in [0.1, 0.15) is 5.75 Å². The lowest BCUT2D eigenvalue weighted by Gasteiger charge is -2.20. The number of alkyl halides is 2. The molecule has 0 bridgehead atoms. The molecule has 1 heterocycles. The summed E-state index contributed by atoms with van der Waals surface area (Å²) in [5.74, 6) is 0.141. The number of rotatable bonds is 4. The van der Waals surface area contributed by atoms with E-state index in [1.165, 1.54) is 6.07 Å². The van der Waals surface area contributed by atoms with E-state index in [1.54, 1.807) is 12.1 Å². The van der Waals surface area contributed by atoms with E-state index in [2.05, 4.69) is 35.8 Å². The van der Waals surface area contributed by atoms with Crippen LogP contribution in [-0.4, -0.2) is 18.1 Å². The van der Waals surface area contributed by atoms with Gasteiger partial charge in [-0.1, -0.05) is 20.8 Å². The smallest absolute Gasteiger partial charge is 0.387 e. The number of halogens is 2. The summed E-state index contributed by atoms with van der Waals surface area (Å²) in [6.07, 6.45) is 0. The molecule has 0 fully saturated rings. The first-order chi connectivity index (χ1) is 9.81. The summed E-state index contributed by atoms with van der Waals surface area (Å²) < 4.78 is 29.1. The van der Waals surface area contributed by atoms with Gasteiger partial charge in [0, 0.05) is 28.7 Å². The number of hydrogen-bond acceptors (Lipinski definition) is 3. The summed E-state index contributed by atoms with van der Waals surface area (Å²) in [6.45, 7) is 6.17. The van der Waals surface area contributed by atoms with Gasteiger partial charge in [0.15, 0.2) is 0 Å². The minimum Gasteiger partial charge on any atom is -0.435 e. The summed E-state index contributed by atoms with van der Waals surface area (Å²) in [6, 6.07) is 6.80. The summed E-state index contributed by atoms with van der Waals surface area (Å²) in [5.41, 5.74) is 2.51. The second-order valence-corrected chi connectivity index (χ2v) is 5.89. The molecule has 5 heteroatoms. The molecule has 2 aromatic rings. The van der Waals surface area contributed by atoms with Crippen LogP contribution < -0.4 is 10.1 Å². The van der Waals surface area contributed by atoms with E-state index >= 15 is 0 Å². The standard InChI is InChI=1S/C16H20F2N2O/c1-5-19-13-9-14(16(2,3)4)20-12-7-6-10(8-11(12)13)21-15(17)18/h6-9,15H,5H2,1-4H3,(H,19,20). The quantitative estimate of drug-likeness (QED) is 0.897. The van der Waals surface area contributed by atoms with Crippen molar-refractivity contribution in [2.45, 2.75) is 39.7 Å². The number of nitrogens with one attached hydrogen (secondary N) is 1.